The molecule has 0 amide bonds. The second-order valence-electron chi connectivity index (χ2n) is 2.93. The molecule has 0 fully saturated rings. The summed E-state index contributed by atoms with van der Waals surface area (Å²) in [5.74, 6) is -0.471. The van der Waals surface area contributed by atoms with Gasteiger partial charge in [-0.3, -0.25) is 0 Å². The van der Waals surface area contributed by atoms with E-state index in [9.17, 15) is 4.79 Å². The molecule has 0 N–H and O–H groups in total. The van der Waals surface area contributed by atoms with E-state index < -0.39 is 5.97 Å². The fraction of sp³-hybridized carbons (Fsp3) is 0.273. The fourth-order valence-electron chi connectivity index (χ4n) is 1.21. The van der Waals surface area contributed by atoms with Crippen LogP contribution in [0.3, 0.4) is 0 Å². The van der Waals surface area contributed by atoms with Gasteiger partial charge in [-0.15, -0.1) is 0 Å². The lowest BCUT2D eigenvalue weighted by Gasteiger charge is -2.08. The molecule has 1 aromatic rings. The number of alkyl halides is 1. The Hall–Kier alpha value is -0.860. The molecule has 0 saturated carbocycles. The normalized spacial score (nSPS) is 9.62. The number of ether oxygens (including phenoxy) is 1. The molecule has 0 aliphatic heterocycles. The molecule has 84 valence electrons. The van der Waals surface area contributed by atoms with E-state index >= 15 is 0 Å². The summed E-state index contributed by atoms with van der Waals surface area (Å²) in [5, 5.41) is 9.65. The molecule has 0 radical (unpaired) electrons. The summed E-state index contributed by atoms with van der Waals surface area (Å²) in [7, 11) is 0. The first-order valence-corrected chi connectivity index (χ1v) is 6.51. The topological polar surface area (TPSA) is 50.1 Å². The molecule has 16 heavy (non-hydrogen) atoms. The average molecular weight is 347 g/mol. The predicted molar refractivity (Wildman–Crippen MR) is 67.4 cm³/mol. The molecule has 0 heterocycles. The van der Waals surface area contributed by atoms with Gasteiger partial charge in [-0.25, -0.2) is 4.79 Å². The zero-order valence-corrected chi connectivity index (χ0v) is 11.8. The van der Waals surface area contributed by atoms with Crippen molar-refractivity contribution in [2.45, 2.75) is 12.3 Å². The van der Waals surface area contributed by atoms with Gasteiger partial charge in [0, 0.05) is 9.80 Å². The van der Waals surface area contributed by atoms with Crippen LogP contribution in [-0.4, -0.2) is 12.6 Å². The highest BCUT2D eigenvalue weighted by molar-refractivity contribution is 9.10. The molecule has 0 aliphatic carbocycles. The number of benzene rings is 1. The fourth-order valence-corrected chi connectivity index (χ4v) is 2.63. The third-order valence-corrected chi connectivity index (χ3v) is 3.48. The monoisotopic (exact) mass is 345 g/mol. The van der Waals surface area contributed by atoms with Crippen LogP contribution in [0, 0.1) is 11.3 Å². The van der Waals surface area contributed by atoms with Crippen LogP contribution in [0.25, 0.3) is 0 Å². The average Bonchev–Trinajstić information content (AvgIpc) is 2.28. The maximum Gasteiger partial charge on any atom is 0.339 e. The van der Waals surface area contributed by atoms with Crippen molar-refractivity contribution in [2.24, 2.45) is 0 Å². The zero-order chi connectivity index (χ0) is 12.1. The van der Waals surface area contributed by atoms with Crippen molar-refractivity contribution in [3.63, 3.8) is 0 Å². The SMILES string of the molecule is CCOC(=O)c1ccc(CBr)c(Br)c1C#N. The summed E-state index contributed by atoms with van der Waals surface area (Å²) in [6.07, 6.45) is 0. The minimum absolute atomic E-state index is 0.293. The minimum atomic E-state index is -0.471. The van der Waals surface area contributed by atoms with Crippen LogP contribution >= 0.6 is 31.9 Å². The van der Waals surface area contributed by atoms with Crippen molar-refractivity contribution < 1.29 is 9.53 Å². The Morgan fingerprint density at radius 3 is 2.75 bits per heavy atom. The smallest absolute Gasteiger partial charge is 0.339 e. The minimum Gasteiger partial charge on any atom is -0.462 e. The van der Waals surface area contributed by atoms with Gasteiger partial charge in [-0.05, 0) is 34.5 Å². The number of halogens is 2. The molecule has 0 unspecified atom stereocenters. The summed E-state index contributed by atoms with van der Waals surface area (Å²) in [5.41, 5.74) is 1.53. The first-order chi connectivity index (χ1) is 7.65. The molecule has 0 spiro atoms. The van der Waals surface area contributed by atoms with Crippen LogP contribution in [0.2, 0.25) is 0 Å². The van der Waals surface area contributed by atoms with Gasteiger partial charge in [0.15, 0.2) is 0 Å². The van der Waals surface area contributed by atoms with E-state index in [2.05, 4.69) is 31.9 Å². The van der Waals surface area contributed by atoms with Crippen LogP contribution in [0.5, 0.6) is 0 Å². The largest absolute Gasteiger partial charge is 0.462 e. The summed E-state index contributed by atoms with van der Waals surface area (Å²) >= 11 is 6.62. The number of nitriles is 1. The Bertz CT molecular complexity index is 452. The van der Waals surface area contributed by atoms with Gasteiger partial charge in [0.05, 0.1) is 17.7 Å². The molecule has 0 saturated heterocycles. The Labute approximate surface area is 111 Å². The maximum atomic E-state index is 11.6. The van der Waals surface area contributed by atoms with Crippen molar-refractivity contribution in [3.05, 3.63) is 33.3 Å². The van der Waals surface area contributed by atoms with Crippen molar-refractivity contribution >= 4 is 37.8 Å². The first kappa shape index (κ1) is 13.2. The van der Waals surface area contributed by atoms with Crippen LogP contribution < -0.4 is 0 Å². The number of hydrogen-bond acceptors (Lipinski definition) is 3. The third-order valence-electron chi connectivity index (χ3n) is 1.97. The number of rotatable bonds is 3. The van der Waals surface area contributed by atoms with Crippen LogP contribution in [-0.2, 0) is 10.1 Å². The summed E-state index contributed by atoms with van der Waals surface area (Å²) in [6.45, 7) is 2.02. The van der Waals surface area contributed by atoms with Crippen LogP contribution in [0.15, 0.2) is 16.6 Å². The van der Waals surface area contributed by atoms with E-state index in [0.29, 0.717) is 27.5 Å². The molecule has 0 atom stereocenters. The lowest BCUT2D eigenvalue weighted by molar-refractivity contribution is 0.0526. The Balaban J connectivity index is 3.27. The van der Waals surface area contributed by atoms with Gasteiger partial charge in [-0.1, -0.05) is 22.0 Å². The summed E-state index contributed by atoms with van der Waals surface area (Å²) < 4.78 is 5.51. The first-order valence-electron chi connectivity index (χ1n) is 4.60. The lowest BCUT2D eigenvalue weighted by atomic mass is 10.1. The molecule has 0 aliphatic rings. The number of nitrogens with zero attached hydrogens (tertiary/aromatic N) is 1. The molecular weight excluding hydrogens is 338 g/mol. The van der Waals surface area contributed by atoms with Crippen molar-refractivity contribution in [1.29, 1.82) is 5.26 Å². The molecule has 0 aromatic heterocycles. The van der Waals surface area contributed by atoms with Gasteiger partial charge >= 0.3 is 5.97 Å². The Morgan fingerprint density at radius 1 is 1.56 bits per heavy atom. The van der Waals surface area contributed by atoms with E-state index in [1.807, 2.05) is 6.07 Å². The summed E-state index contributed by atoms with van der Waals surface area (Å²) in [6, 6.07) is 5.40. The molecule has 0 bridgehead atoms. The highest BCUT2D eigenvalue weighted by Crippen LogP contribution is 2.26. The Kier molecular flexibility index (Phi) is 4.97. The highest BCUT2D eigenvalue weighted by Gasteiger charge is 2.17. The summed E-state index contributed by atoms with van der Waals surface area (Å²) in [4.78, 5) is 11.6. The second kappa shape index (κ2) is 6.02. The van der Waals surface area contributed by atoms with E-state index in [4.69, 9.17) is 10.00 Å². The van der Waals surface area contributed by atoms with Gasteiger partial charge < -0.3 is 4.74 Å². The van der Waals surface area contributed by atoms with Gasteiger partial charge in [0.1, 0.15) is 6.07 Å². The van der Waals surface area contributed by atoms with E-state index in [1.54, 1.807) is 19.1 Å². The highest BCUT2D eigenvalue weighted by atomic mass is 79.9. The van der Waals surface area contributed by atoms with E-state index in [-0.39, 0.29) is 0 Å². The number of carbonyl (C=O) groups is 1. The zero-order valence-electron chi connectivity index (χ0n) is 8.59. The maximum absolute atomic E-state index is 11.6. The number of carbonyl (C=O) groups excluding carboxylic acids is 1. The van der Waals surface area contributed by atoms with E-state index in [1.165, 1.54) is 0 Å². The molecule has 3 nitrogen and oxygen atoms in total. The Morgan fingerprint density at radius 2 is 2.25 bits per heavy atom. The molecule has 1 rings (SSSR count). The van der Waals surface area contributed by atoms with Crippen molar-refractivity contribution in [2.75, 3.05) is 6.61 Å². The van der Waals surface area contributed by atoms with Gasteiger partial charge in [0.2, 0.25) is 0 Å². The predicted octanol–water partition coefficient (Wildman–Crippen LogP) is 3.39. The van der Waals surface area contributed by atoms with Gasteiger partial charge in [0.25, 0.3) is 0 Å². The second-order valence-corrected chi connectivity index (χ2v) is 4.28. The molecule has 5 heteroatoms. The lowest BCUT2D eigenvalue weighted by Crippen LogP contribution is -2.08. The number of hydrogen-bond donors (Lipinski definition) is 0. The van der Waals surface area contributed by atoms with Crippen LogP contribution in [0.1, 0.15) is 28.4 Å². The molecular formula is C11H9Br2NO2. The van der Waals surface area contributed by atoms with Crippen molar-refractivity contribution in [1.82, 2.24) is 0 Å². The quantitative estimate of drug-likeness (QED) is 0.622. The van der Waals surface area contributed by atoms with E-state index in [0.717, 1.165) is 5.56 Å². The number of esters is 1. The molecule has 1 aromatic carbocycles. The standard InChI is InChI=1S/C11H9Br2NO2/c1-2-16-11(15)8-4-3-7(5-12)10(13)9(8)6-14/h3-4H,2,5H2,1H3. The van der Waals surface area contributed by atoms with Gasteiger partial charge in [-0.2, -0.15) is 5.26 Å². The third kappa shape index (κ3) is 2.63. The van der Waals surface area contributed by atoms with Crippen molar-refractivity contribution in [3.8, 4) is 6.07 Å². The van der Waals surface area contributed by atoms with Crippen LogP contribution in [0.4, 0.5) is 0 Å².